The number of fused-ring (bicyclic) bond motifs is 15. The SMILES string of the molecule is CC(C)(C)c1ccc(Nc2cc3oc4ccccc4c3cc2-c2ccc3c4c5c(ccc4n4c3c2Bc2cc3c(cc2-4)C(C)(C)c2ccccc2-3)C(C)(C)c2ccccc2-5)cc1. The minimum absolute atomic E-state index is 0.0690. The van der Waals surface area contributed by atoms with Crippen molar-refractivity contribution in [1.82, 2.24) is 4.57 Å². The molecule has 0 unspecified atom stereocenters. The maximum atomic E-state index is 6.56. The minimum atomic E-state index is -0.107. The van der Waals surface area contributed by atoms with E-state index in [2.05, 4.69) is 204 Å². The monoisotopic (exact) mass is 798 g/mol. The molecule has 3 heterocycles. The molecule has 0 amide bonds. The van der Waals surface area contributed by atoms with Crippen molar-refractivity contribution >= 4 is 73.3 Å². The molecule has 4 heteroatoms. The molecule has 2 aromatic heterocycles. The number of nitrogens with zero attached hydrogens (tertiary/aromatic N) is 1. The fourth-order valence-electron chi connectivity index (χ4n) is 11.8. The molecule has 0 spiro atoms. The Kier molecular flexibility index (Phi) is 6.94. The van der Waals surface area contributed by atoms with Gasteiger partial charge in [0.2, 0.25) is 0 Å². The van der Waals surface area contributed by atoms with Gasteiger partial charge in [-0.3, -0.25) is 0 Å². The van der Waals surface area contributed by atoms with Crippen LogP contribution in [0.15, 0.2) is 150 Å². The van der Waals surface area contributed by atoms with Crippen LogP contribution in [-0.4, -0.2) is 11.8 Å². The fourth-order valence-corrected chi connectivity index (χ4v) is 11.8. The van der Waals surface area contributed by atoms with Gasteiger partial charge in [0, 0.05) is 60.9 Å². The Morgan fingerprint density at radius 1 is 0.548 bits per heavy atom. The molecule has 0 atom stereocenters. The van der Waals surface area contributed by atoms with Crippen LogP contribution in [0.4, 0.5) is 11.4 Å². The predicted molar refractivity (Wildman–Crippen MR) is 263 cm³/mol. The third-order valence-electron chi connectivity index (χ3n) is 15.0. The van der Waals surface area contributed by atoms with Gasteiger partial charge < -0.3 is 14.3 Å². The van der Waals surface area contributed by atoms with Gasteiger partial charge in [-0.1, -0.05) is 157 Å². The van der Waals surface area contributed by atoms with Crippen LogP contribution in [-0.2, 0) is 16.2 Å². The Hall–Kier alpha value is -6.78. The van der Waals surface area contributed by atoms with Crippen molar-refractivity contribution in [3.63, 3.8) is 0 Å². The van der Waals surface area contributed by atoms with Gasteiger partial charge in [-0.05, 0) is 103 Å². The molecule has 13 rings (SSSR count). The van der Waals surface area contributed by atoms with E-state index in [1.165, 1.54) is 99.6 Å². The largest absolute Gasteiger partial charge is 0.456 e. The number of benzene rings is 8. The zero-order chi connectivity index (χ0) is 42.0. The van der Waals surface area contributed by atoms with Gasteiger partial charge in [0.1, 0.15) is 11.2 Å². The smallest absolute Gasteiger partial charge is 0.198 e. The first-order valence-corrected chi connectivity index (χ1v) is 22.2. The third-order valence-corrected chi connectivity index (χ3v) is 15.0. The number of furan rings is 1. The van der Waals surface area contributed by atoms with Crippen molar-refractivity contribution in [3.8, 4) is 39.1 Å². The standard InChI is InChI=1S/C58H47BN2O/c1-56(2,3)32-20-22-33(23-21-32)60-47-31-51-41(35-15-10-13-19-50(35)62-51)28-40(47)36-24-25-38-53-48(27-26-44-52(53)37-16-9-12-18-43(37)57(44,4)5)61-49-30-45-39(29-46(49)59-54(36)55(38)61)34-14-8-11-17-42(34)58(45,6)7/h8-31,59-60H,1-7H3. The highest BCUT2D eigenvalue weighted by atomic mass is 16.3. The quantitative estimate of drug-likeness (QED) is 0.180. The Balaban J connectivity index is 1.12. The van der Waals surface area contributed by atoms with Gasteiger partial charge in [0.15, 0.2) is 7.28 Å². The molecule has 3 nitrogen and oxygen atoms in total. The number of aromatic nitrogens is 1. The van der Waals surface area contributed by atoms with Crippen molar-refractivity contribution in [2.75, 3.05) is 5.32 Å². The molecule has 8 aromatic carbocycles. The molecule has 0 radical (unpaired) electrons. The number of hydrogen-bond donors (Lipinski definition) is 1. The van der Waals surface area contributed by atoms with Crippen LogP contribution in [0.3, 0.4) is 0 Å². The summed E-state index contributed by atoms with van der Waals surface area (Å²) in [6.07, 6.45) is 0. The molecule has 1 aliphatic heterocycles. The van der Waals surface area contributed by atoms with E-state index in [-0.39, 0.29) is 16.2 Å². The number of rotatable bonds is 3. The van der Waals surface area contributed by atoms with Crippen molar-refractivity contribution in [2.45, 2.75) is 64.7 Å². The Bertz CT molecular complexity index is 3610. The Labute approximate surface area is 363 Å². The van der Waals surface area contributed by atoms with E-state index < -0.39 is 0 Å². The first kappa shape index (κ1) is 35.9. The van der Waals surface area contributed by atoms with E-state index in [0.717, 1.165) is 40.6 Å². The van der Waals surface area contributed by atoms with Crippen LogP contribution >= 0.6 is 0 Å². The van der Waals surface area contributed by atoms with Gasteiger partial charge in [-0.25, -0.2) is 0 Å². The van der Waals surface area contributed by atoms with E-state index in [9.17, 15) is 0 Å². The minimum Gasteiger partial charge on any atom is -0.456 e. The summed E-state index contributed by atoms with van der Waals surface area (Å²) in [5.74, 6) is 0. The summed E-state index contributed by atoms with van der Waals surface area (Å²) in [5, 5.41) is 8.84. The molecule has 298 valence electrons. The van der Waals surface area contributed by atoms with Gasteiger partial charge in [0.25, 0.3) is 0 Å². The van der Waals surface area contributed by atoms with Crippen molar-refractivity contribution in [1.29, 1.82) is 0 Å². The first-order valence-electron chi connectivity index (χ1n) is 22.2. The van der Waals surface area contributed by atoms with E-state index in [1.54, 1.807) is 0 Å². The van der Waals surface area contributed by atoms with E-state index >= 15 is 0 Å². The molecular formula is C58H47BN2O. The van der Waals surface area contributed by atoms with Gasteiger partial charge in [-0.2, -0.15) is 0 Å². The van der Waals surface area contributed by atoms with Crippen LogP contribution in [0.25, 0.3) is 82.8 Å². The molecule has 0 saturated carbocycles. The van der Waals surface area contributed by atoms with Crippen molar-refractivity contribution < 1.29 is 4.42 Å². The van der Waals surface area contributed by atoms with Crippen LogP contribution in [0.5, 0.6) is 0 Å². The second-order valence-corrected chi connectivity index (χ2v) is 20.2. The van der Waals surface area contributed by atoms with Crippen LogP contribution in [0.2, 0.25) is 0 Å². The lowest BCUT2D eigenvalue weighted by molar-refractivity contribution is 0.590. The molecule has 3 aliphatic rings. The molecule has 0 fully saturated rings. The highest BCUT2D eigenvalue weighted by molar-refractivity contribution is 6.73. The van der Waals surface area contributed by atoms with E-state index in [0.29, 0.717) is 0 Å². The van der Waals surface area contributed by atoms with Crippen LogP contribution < -0.4 is 16.2 Å². The average molecular weight is 799 g/mol. The summed E-state index contributed by atoms with van der Waals surface area (Å²) < 4.78 is 9.20. The lowest BCUT2D eigenvalue weighted by Gasteiger charge is -2.27. The Morgan fingerprint density at radius 2 is 1.26 bits per heavy atom. The summed E-state index contributed by atoms with van der Waals surface area (Å²) in [7, 11) is 0.822. The number of anilines is 2. The maximum absolute atomic E-state index is 6.56. The molecule has 0 saturated heterocycles. The summed E-state index contributed by atoms with van der Waals surface area (Å²) in [6, 6.07) is 54.9. The average Bonchev–Trinajstić information content (AvgIpc) is 3.94. The zero-order valence-electron chi connectivity index (χ0n) is 36.4. The normalized spacial score (nSPS) is 15.1. The van der Waals surface area contributed by atoms with Crippen molar-refractivity contribution in [2.24, 2.45) is 0 Å². The summed E-state index contributed by atoms with van der Waals surface area (Å²) in [4.78, 5) is 0. The van der Waals surface area contributed by atoms with Crippen LogP contribution in [0.1, 0.15) is 76.3 Å². The topological polar surface area (TPSA) is 30.1 Å². The lowest BCUT2D eigenvalue weighted by atomic mass is 9.58. The first-order chi connectivity index (χ1) is 29.9. The van der Waals surface area contributed by atoms with E-state index in [1.807, 2.05) is 0 Å². The summed E-state index contributed by atoms with van der Waals surface area (Å²) >= 11 is 0. The highest BCUT2D eigenvalue weighted by Crippen LogP contribution is 2.54. The molecule has 1 N–H and O–H groups in total. The summed E-state index contributed by atoms with van der Waals surface area (Å²) in [6.45, 7) is 16.4. The number of nitrogens with one attached hydrogen (secondary N) is 1. The van der Waals surface area contributed by atoms with Gasteiger partial charge in [-0.15, -0.1) is 0 Å². The summed E-state index contributed by atoms with van der Waals surface area (Å²) in [5.41, 5.74) is 25.1. The molecule has 2 aliphatic carbocycles. The van der Waals surface area contributed by atoms with Crippen LogP contribution in [0, 0.1) is 0 Å². The van der Waals surface area contributed by atoms with Gasteiger partial charge in [0.05, 0.1) is 11.2 Å². The number of para-hydroxylation sites is 1. The zero-order valence-corrected chi connectivity index (χ0v) is 36.4. The second-order valence-electron chi connectivity index (χ2n) is 20.2. The van der Waals surface area contributed by atoms with Crippen molar-refractivity contribution in [3.05, 3.63) is 173 Å². The number of hydrogen-bond acceptors (Lipinski definition) is 2. The molecule has 62 heavy (non-hydrogen) atoms. The second kappa shape index (κ2) is 12.0. The third kappa shape index (κ3) is 4.67. The molecular weight excluding hydrogens is 751 g/mol. The molecule has 10 aromatic rings. The molecule has 0 bridgehead atoms. The van der Waals surface area contributed by atoms with E-state index in [4.69, 9.17) is 4.42 Å². The fraction of sp³-hybridized carbons (Fsp3) is 0.172. The highest BCUT2D eigenvalue weighted by Gasteiger charge is 2.40. The Morgan fingerprint density at radius 3 is 2.05 bits per heavy atom. The lowest BCUT2D eigenvalue weighted by Crippen LogP contribution is -2.37. The van der Waals surface area contributed by atoms with Gasteiger partial charge >= 0.3 is 0 Å². The maximum Gasteiger partial charge on any atom is 0.198 e. The predicted octanol–water partition coefficient (Wildman–Crippen LogP) is 13.7.